The van der Waals surface area contributed by atoms with Gasteiger partial charge < -0.3 is 14.8 Å². The summed E-state index contributed by atoms with van der Waals surface area (Å²) in [7, 11) is 0. The lowest BCUT2D eigenvalue weighted by Gasteiger charge is -2.07. The molecule has 1 N–H and O–H groups in total. The Morgan fingerprint density at radius 3 is 2.55 bits per heavy atom. The van der Waals surface area contributed by atoms with Crippen molar-refractivity contribution in [1.29, 1.82) is 0 Å². The molecule has 0 spiro atoms. The van der Waals surface area contributed by atoms with Gasteiger partial charge in [-0.3, -0.25) is 4.79 Å². The van der Waals surface area contributed by atoms with E-state index in [2.05, 4.69) is 15.4 Å². The second-order valence-electron chi connectivity index (χ2n) is 6.90. The van der Waals surface area contributed by atoms with E-state index in [1.807, 2.05) is 26.8 Å². The highest BCUT2D eigenvalue weighted by Gasteiger charge is 2.28. The number of fused-ring (bicyclic) bond motifs is 1. The van der Waals surface area contributed by atoms with Crippen LogP contribution in [0.15, 0.2) is 12.3 Å². The van der Waals surface area contributed by atoms with Crippen molar-refractivity contribution in [3.8, 4) is 0 Å². The lowest BCUT2D eigenvalue weighted by Crippen LogP contribution is -2.15. The van der Waals surface area contributed by atoms with Crippen LogP contribution >= 0.6 is 11.3 Å². The molecule has 0 saturated heterocycles. The molecule has 164 valence electrons. The second-order valence-corrected chi connectivity index (χ2v) is 7.92. The van der Waals surface area contributed by atoms with Crippen LogP contribution in [0.2, 0.25) is 0 Å². The average molecular weight is 445 g/mol. The zero-order valence-corrected chi connectivity index (χ0v) is 18.9. The van der Waals surface area contributed by atoms with Gasteiger partial charge in [-0.25, -0.2) is 19.1 Å². The molecule has 1 amide bonds. The first-order valence-corrected chi connectivity index (χ1v) is 10.7. The summed E-state index contributed by atoms with van der Waals surface area (Å²) < 4.78 is 11.9. The number of nitrogens with zero attached hydrogens (tertiary/aromatic N) is 3. The quantitative estimate of drug-likeness (QED) is 0.553. The fourth-order valence-corrected chi connectivity index (χ4v) is 4.19. The second kappa shape index (κ2) is 9.25. The number of anilines is 1. The zero-order valence-electron chi connectivity index (χ0n) is 18.1. The molecule has 9 nitrogen and oxygen atoms in total. The van der Waals surface area contributed by atoms with Gasteiger partial charge in [0.25, 0.3) is 5.91 Å². The molecular weight excluding hydrogens is 420 g/mol. The molecule has 0 bridgehead atoms. The maximum Gasteiger partial charge on any atom is 0.348 e. The van der Waals surface area contributed by atoms with Gasteiger partial charge in [0.1, 0.15) is 15.4 Å². The summed E-state index contributed by atoms with van der Waals surface area (Å²) in [4.78, 5) is 42.7. The van der Waals surface area contributed by atoms with Gasteiger partial charge in [-0.15, -0.1) is 11.3 Å². The number of thiophene rings is 1. The van der Waals surface area contributed by atoms with Crippen molar-refractivity contribution >= 4 is 39.8 Å². The Bertz CT molecular complexity index is 1160. The lowest BCUT2D eigenvalue weighted by molar-refractivity contribution is 0.0506. The van der Waals surface area contributed by atoms with Gasteiger partial charge in [0.05, 0.1) is 25.0 Å². The van der Waals surface area contributed by atoms with E-state index in [4.69, 9.17) is 9.47 Å². The number of esters is 2. The minimum atomic E-state index is -0.605. The molecule has 0 saturated carbocycles. The summed E-state index contributed by atoms with van der Waals surface area (Å²) in [6.07, 6.45) is 2.07. The molecule has 31 heavy (non-hydrogen) atoms. The Morgan fingerprint density at radius 2 is 1.87 bits per heavy atom. The van der Waals surface area contributed by atoms with Crippen LogP contribution in [-0.2, 0) is 9.47 Å². The van der Waals surface area contributed by atoms with Crippen LogP contribution in [-0.4, -0.2) is 45.7 Å². The third-order valence-corrected chi connectivity index (χ3v) is 5.69. The van der Waals surface area contributed by atoms with Crippen molar-refractivity contribution in [1.82, 2.24) is 14.6 Å². The van der Waals surface area contributed by atoms with E-state index in [-0.39, 0.29) is 34.2 Å². The summed E-state index contributed by atoms with van der Waals surface area (Å²) in [5.74, 6) is -1.65. The lowest BCUT2D eigenvalue weighted by atomic mass is 10.1. The molecule has 10 heteroatoms. The first-order valence-electron chi connectivity index (χ1n) is 9.89. The van der Waals surface area contributed by atoms with Gasteiger partial charge in [-0.1, -0.05) is 6.92 Å². The van der Waals surface area contributed by atoms with E-state index >= 15 is 0 Å². The molecule has 0 fully saturated rings. The molecule has 3 rings (SSSR count). The molecule has 0 radical (unpaired) electrons. The van der Waals surface area contributed by atoms with Crippen LogP contribution in [0, 0.1) is 20.8 Å². The minimum Gasteiger partial charge on any atom is -0.462 e. The van der Waals surface area contributed by atoms with Crippen LogP contribution in [0.4, 0.5) is 5.00 Å². The number of hydrogen-bond acceptors (Lipinski definition) is 8. The van der Waals surface area contributed by atoms with Gasteiger partial charge in [0, 0.05) is 11.4 Å². The van der Waals surface area contributed by atoms with Gasteiger partial charge in [-0.2, -0.15) is 5.10 Å². The standard InChI is InChI=1S/C21H24N4O5S/c1-6-8-30-20(27)15-13(5)16(21(28)29-7-2)31-19(15)24-18(26)14-10-22-25-12(4)9-11(3)23-17(14)25/h9-10H,6-8H2,1-5H3,(H,24,26). The van der Waals surface area contributed by atoms with Gasteiger partial charge >= 0.3 is 11.9 Å². The number of carbonyl (C=O) groups excluding carboxylic acids is 3. The van der Waals surface area contributed by atoms with E-state index in [1.54, 1.807) is 18.4 Å². The Kier molecular flexibility index (Phi) is 6.69. The number of aryl methyl sites for hydroxylation is 2. The van der Waals surface area contributed by atoms with E-state index in [9.17, 15) is 14.4 Å². The molecule has 0 aromatic carbocycles. The molecule has 3 aromatic rings. The van der Waals surface area contributed by atoms with Crippen molar-refractivity contribution in [3.63, 3.8) is 0 Å². The number of hydrogen-bond donors (Lipinski definition) is 1. The molecule has 0 aliphatic carbocycles. The van der Waals surface area contributed by atoms with Crippen LogP contribution in [0.25, 0.3) is 5.65 Å². The Labute approximate surface area is 183 Å². The summed E-state index contributed by atoms with van der Waals surface area (Å²) in [5, 5.41) is 7.18. The molecule has 3 aromatic heterocycles. The smallest absolute Gasteiger partial charge is 0.348 e. The summed E-state index contributed by atoms with van der Waals surface area (Å²) in [5.41, 5.74) is 2.80. The van der Waals surface area contributed by atoms with Crippen molar-refractivity contribution in [2.75, 3.05) is 18.5 Å². The topological polar surface area (TPSA) is 112 Å². The highest BCUT2D eigenvalue weighted by Crippen LogP contribution is 2.35. The van der Waals surface area contributed by atoms with Gasteiger partial charge in [0.15, 0.2) is 5.65 Å². The number of nitrogens with one attached hydrogen (secondary N) is 1. The molecule has 0 aliphatic rings. The number of rotatable bonds is 7. The molecule has 0 unspecified atom stereocenters. The van der Waals surface area contributed by atoms with E-state index in [0.29, 0.717) is 17.6 Å². The third-order valence-electron chi connectivity index (χ3n) is 4.50. The first-order chi connectivity index (χ1) is 14.8. The third kappa shape index (κ3) is 4.43. The van der Waals surface area contributed by atoms with Crippen molar-refractivity contribution < 1.29 is 23.9 Å². The van der Waals surface area contributed by atoms with Crippen LogP contribution in [0.1, 0.15) is 67.6 Å². The SMILES string of the molecule is CCCOC(=O)c1c(NC(=O)c2cnn3c(C)cc(C)nc23)sc(C(=O)OCC)c1C. The monoisotopic (exact) mass is 444 g/mol. The average Bonchev–Trinajstić information content (AvgIpc) is 3.27. The fourth-order valence-electron chi connectivity index (χ4n) is 3.11. The minimum absolute atomic E-state index is 0.145. The number of ether oxygens (including phenoxy) is 2. The number of carbonyl (C=O) groups is 3. The van der Waals surface area contributed by atoms with Crippen molar-refractivity contribution in [2.24, 2.45) is 0 Å². The predicted molar refractivity (Wildman–Crippen MR) is 116 cm³/mol. The zero-order chi connectivity index (χ0) is 22.7. The van der Waals surface area contributed by atoms with Gasteiger partial charge in [-0.05, 0) is 45.7 Å². The van der Waals surface area contributed by atoms with Crippen molar-refractivity contribution in [2.45, 2.75) is 41.0 Å². The molecule has 0 atom stereocenters. The normalized spacial score (nSPS) is 10.9. The van der Waals surface area contributed by atoms with Gasteiger partial charge in [0.2, 0.25) is 0 Å². The number of amides is 1. The van der Waals surface area contributed by atoms with Crippen LogP contribution in [0.3, 0.4) is 0 Å². The summed E-state index contributed by atoms with van der Waals surface area (Å²) >= 11 is 0.978. The summed E-state index contributed by atoms with van der Waals surface area (Å²) in [6, 6.07) is 1.86. The predicted octanol–water partition coefficient (Wildman–Crippen LogP) is 3.71. The van der Waals surface area contributed by atoms with Crippen LogP contribution < -0.4 is 5.32 Å². The van der Waals surface area contributed by atoms with E-state index in [1.165, 1.54) is 6.20 Å². The maximum atomic E-state index is 13.1. The Balaban J connectivity index is 2.01. The largest absolute Gasteiger partial charge is 0.462 e. The van der Waals surface area contributed by atoms with Crippen molar-refractivity contribution in [3.05, 3.63) is 45.2 Å². The first kappa shape index (κ1) is 22.4. The molecular formula is C21H24N4O5S. The highest BCUT2D eigenvalue weighted by atomic mass is 32.1. The van der Waals surface area contributed by atoms with E-state index in [0.717, 1.165) is 22.7 Å². The molecule has 3 heterocycles. The Morgan fingerprint density at radius 1 is 1.13 bits per heavy atom. The molecule has 0 aliphatic heterocycles. The fraction of sp³-hybridized carbons (Fsp3) is 0.381. The highest BCUT2D eigenvalue weighted by molar-refractivity contribution is 7.18. The Hall–Kier alpha value is -3.27. The summed E-state index contributed by atoms with van der Waals surface area (Å²) in [6.45, 7) is 9.33. The van der Waals surface area contributed by atoms with E-state index < -0.39 is 17.8 Å². The number of aromatic nitrogens is 3. The maximum absolute atomic E-state index is 13.1. The van der Waals surface area contributed by atoms with Crippen LogP contribution in [0.5, 0.6) is 0 Å².